The first-order valence-corrected chi connectivity index (χ1v) is 7.28. The third-order valence-electron chi connectivity index (χ3n) is 4.70. The zero-order chi connectivity index (χ0) is 12.6. The molecule has 0 aromatic heterocycles. The normalized spacial score (nSPS) is 43.1. The lowest BCUT2D eigenvalue weighted by Gasteiger charge is -2.30. The predicted octanol–water partition coefficient (Wildman–Crippen LogP) is 1.20. The molecule has 2 bridgehead atoms. The quantitative estimate of drug-likeness (QED) is 0.793. The maximum atomic E-state index is 12.1. The zero-order valence-electron chi connectivity index (χ0n) is 11.2. The van der Waals surface area contributed by atoms with Gasteiger partial charge in [0.15, 0.2) is 0 Å². The molecular weight excluding hydrogens is 228 g/mol. The van der Waals surface area contributed by atoms with E-state index in [9.17, 15) is 4.79 Å². The second-order valence-corrected chi connectivity index (χ2v) is 6.59. The molecule has 3 saturated heterocycles. The lowest BCUT2D eigenvalue weighted by molar-refractivity contribution is -0.124. The van der Waals surface area contributed by atoms with Crippen molar-refractivity contribution in [1.82, 2.24) is 10.6 Å². The Hall–Kier alpha value is -0.610. The second-order valence-electron chi connectivity index (χ2n) is 6.59. The van der Waals surface area contributed by atoms with Gasteiger partial charge in [-0.2, -0.15) is 0 Å². The van der Waals surface area contributed by atoms with Crippen LogP contribution in [-0.2, 0) is 9.53 Å². The average molecular weight is 252 g/mol. The molecule has 0 radical (unpaired) electrons. The fourth-order valence-electron chi connectivity index (χ4n) is 3.76. The number of carbonyl (C=O) groups excluding carboxylic acids is 1. The number of fused-ring (bicyclic) bond motifs is 2. The monoisotopic (exact) mass is 252 g/mol. The maximum absolute atomic E-state index is 12.1. The standard InChI is InChI=1S/C14H24N2O2/c1-14(4-5-18-9-14)16-13(17)8-10-6-11-2-3-12(7-10)15-11/h10-12,15H,2-9H2,1H3,(H,16,17). The highest BCUT2D eigenvalue weighted by Crippen LogP contribution is 2.32. The largest absolute Gasteiger partial charge is 0.379 e. The first-order valence-electron chi connectivity index (χ1n) is 7.28. The number of amides is 1. The molecule has 0 aliphatic carbocycles. The van der Waals surface area contributed by atoms with Gasteiger partial charge in [0.25, 0.3) is 0 Å². The van der Waals surface area contributed by atoms with E-state index in [1.165, 1.54) is 25.7 Å². The van der Waals surface area contributed by atoms with Crippen LogP contribution < -0.4 is 10.6 Å². The van der Waals surface area contributed by atoms with Crippen molar-refractivity contribution in [3.8, 4) is 0 Å². The molecule has 1 amide bonds. The molecule has 2 N–H and O–H groups in total. The van der Waals surface area contributed by atoms with Gasteiger partial charge in [0, 0.05) is 25.1 Å². The maximum Gasteiger partial charge on any atom is 0.220 e. The van der Waals surface area contributed by atoms with Crippen LogP contribution in [-0.4, -0.2) is 36.7 Å². The van der Waals surface area contributed by atoms with Crippen LogP contribution in [0.2, 0.25) is 0 Å². The highest BCUT2D eigenvalue weighted by molar-refractivity contribution is 5.77. The lowest BCUT2D eigenvalue weighted by atomic mass is 9.89. The van der Waals surface area contributed by atoms with Gasteiger partial charge in [-0.1, -0.05) is 0 Å². The molecule has 3 unspecified atom stereocenters. The molecule has 3 fully saturated rings. The average Bonchev–Trinajstić information content (AvgIpc) is 2.85. The molecule has 3 aliphatic rings. The highest BCUT2D eigenvalue weighted by Gasteiger charge is 2.36. The molecule has 18 heavy (non-hydrogen) atoms. The number of carbonyl (C=O) groups is 1. The number of ether oxygens (including phenoxy) is 1. The molecule has 4 nitrogen and oxygen atoms in total. The van der Waals surface area contributed by atoms with Crippen molar-refractivity contribution < 1.29 is 9.53 Å². The number of hydrogen-bond donors (Lipinski definition) is 2. The second kappa shape index (κ2) is 4.82. The summed E-state index contributed by atoms with van der Waals surface area (Å²) >= 11 is 0. The minimum absolute atomic E-state index is 0.122. The third kappa shape index (κ3) is 2.69. The molecule has 3 atom stereocenters. The molecule has 4 heteroatoms. The summed E-state index contributed by atoms with van der Waals surface area (Å²) in [6.45, 7) is 3.52. The molecule has 0 aromatic rings. The van der Waals surface area contributed by atoms with Crippen LogP contribution in [0.25, 0.3) is 0 Å². The molecule has 3 heterocycles. The van der Waals surface area contributed by atoms with Crippen LogP contribution in [0.3, 0.4) is 0 Å². The van der Waals surface area contributed by atoms with Crippen LogP contribution in [0, 0.1) is 5.92 Å². The Kier molecular flexibility index (Phi) is 3.32. The van der Waals surface area contributed by atoms with Gasteiger partial charge in [-0.25, -0.2) is 0 Å². The fourth-order valence-corrected chi connectivity index (χ4v) is 3.76. The molecular formula is C14H24N2O2. The van der Waals surface area contributed by atoms with E-state index in [1.807, 2.05) is 0 Å². The number of nitrogens with one attached hydrogen (secondary N) is 2. The van der Waals surface area contributed by atoms with Gasteiger partial charge < -0.3 is 15.4 Å². The van der Waals surface area contributed by atoms with E-state index in [0.717, 1.165) is 13.0 Å². The SMILES string of the molecule is CC1(NC(=O)CC2CC3CCC(C2)N3)CCOC1. The number of piperidine rings is 1. The Morgan fingerprint density at radius 1 is 1.39 bits per heavy atom. The molecule has 3 rings (SSSR count). The number of rotatable bonds is 3. The number of hydrogen-bond acceptors (Lipinski definition) is 3. The van der Waals surface area contributed by atoms with Gasteiger partial charge in [-0.05, 0) is 44.9 Å². The van der Waals surface area contributed by atoms with Gasteiger partial charge in [0.2, 0.25) is 5.91 Å². The predicted molar refractivity (Wildman–Crippen MR) is 69.3 cm³/mol. The van der Waals surface area contributed by atoms with Crippen molar-refractivity contribution in [2.24, 2.45) is 5.92 Å². The first-order chi connectivity index (χ1) is 8.63. The van der Waals surface area contributed by atoms with Gasteiger partial charge in [-0.15, -0.1) is 0 Å². The van der Waals surface area contributed by atoms with Crippen LogP contribution >= 0.6 is 0 Å². The van der Waals surface area contributed by atoms with E-state index < -0.39 is 0 Å². The van der Waals surface area contributed by atoms with Crippen LogP contribution in [0.5, 0.6) is 0 Å². The molecule has 0 saturated carbocycles. The van der Waals surface area contributed by atoms with Crippen molar-refractivity contribution in [2.75, 3.05) is 13.2 Å². The Labute approximate surface area is 109 Å². The smallest absolute Gasteiger partial charge is 0.220 e. The van der Waals surface area contributed by atoms with Gasteiger partial charge in [0.1, 0.15) is 0 Å². The first kappa shape index (κ1) is 12.4. The topological polar surface area (TPSA) is 50.4 Å². The van der Waals surface area contributed by atoms with E-state index >= 15 is 0 Å². The van der Waals surface area contributed by atoms with E-state index in [1.54, 1.807) is 0 Å². The third-order valence-corrected chi connectivity index (χ3v) is 4.70. The lowest BCUT2D eigenvalue weighted by Crippen LogP contribution is -2.47. The Morgan fingerprint density at radius 2 is 2.11 bits per heavy atom. The summed E-state index contributed by atoms with van der Waals surface area (Å²) in [4.78, 5) is 12.1. The zero-order valence-corrected chi connectivity index (χ0v) is 11.2. The molecule has 0 aromatic carbocycles. The summed E-state index contributed by atoms with van der Waals surface area (Å²) in [6.07, 6.45) is 6.59. The van der Waals surface area contributed by atoms with E-state index in [4.69, 9.17) is 4.74 Å². The van der Waals surface area contributed by atoms with E-state index in [0.29, 0.717) is 31.0 Å². The van der Waals surface area contributed by atoms with Crippen LogP contribution in [0.4, 0.5) is 0 Å². The van der Waals surface area contributed by atoms with Crippen molar-refractivity contribution in [3.05, 3.63) is 0 Å². The Bertz CT molecular complexity index is 314. The van der Waals surface area contributed by atoms with Gasteiger partial charge in [-0.3, -0.25) is 4.79 Å². The fraction of sp³-hybridized carbons (Fsp3) is 0.929. The molecule has 102 valence electrons. The summed E-state index contributed by atoms with van der Waals surface area (Å²) in [5.41, 5.74) is -0.122. The summed E-state index contributed by atoms with van der Waals surface area (Å²) in [5, 5.41) is 6.79. The van der Waals surface area contributed by atoms with Crippen molar-refractivity contribution >= 4 is 5.91 Å². The summed E-state index contributed by atoms with van der Waals surface area (Å²) in [5.74, 6) is 0.795. The minimum Gasteiger partial charge on any atom is -0.379 e. The van der Waals surface area contributed by atoms with E-state index in [-0.39, 0.29) is 11.4 Å². The molecule has 0 spiro atoms. The van der Waals surface area contributed by atoms with E-state index in [2.05, 4.69) is 17.6 Å². The van der Waals surface area contributed by atoms with Crippen LogP contribution in [0.15, 0.2) is 0 Å². The highest BCUT2D eigenvalue weighted by atomic mass is 16.5. The van der Waals surface area contributed by atoms with Gasteiger partial charge in [0.05, 0.1) is 12.1 Å². The summed E-state index contributed by atoms with van der Waals surface area (Å²) in [7, 11) is 0. The van der Waals surface area contributed by atoms with Crippen molar-refractivity contribution in [1.29, 1.82) is 0 Å². The van der Waals surface area contributed by atoms with Crippen molar-refractivity contribution in [3.63, 3.8) is 0 Å². The Morgan fingerprint density at radius 3 is 2.72 bits per heavy atom. The van der Waals surface area contributed by atoms with Crippen LogP contribution in [0.1, 0.15) is 45.4 Å². The summed E-state index contributed by atoms with van der Waals surface area (Å²) in [6, 6.07) is 1.35. The van der Waals surface area contributed by atoms with Crippen molar-refractivity contribution in [2.45, 2.75) is 63.1 Å². The summed E-state index contributed by atoms with van der Waals surface area (Å²) < 4.78 is 5.37. The Balaban J connectivity index is 1.49. The van der Waals surface area contributed by atoms with Gasteiger partial charge >= 0.3 is 0 Å². The minimum atomic E-state index is -0.122. The molecule has 3 aliphatic heterocycles.